The Hall–Kier alpha value is -2.37. The fourth-order valence-corrected chi connectivity index (χ4v) is 1.96. The summed E-state index contributed by atoms with van der Waals surface area (Å²) in [5, 5.41) is 5.72. The number of para-hydroxylation sites is 1. The van der Waals surface area contributed by atoms with Crippen molar-refractivity contribution in [3.63, 3.8) is 0 Å². The van der Waals surface area contributed by atoms with Gasteiger partial charge in [0.25, 0.3) is 5.91 Å². The minimum atomic E-state index is -0.423. The van der Waals surface area contributed by atoms with Crippen LogP contribution in [0.5, 0.6) is 0 Å². The van der Waals surface area contributed by atoms with E-state index in [1.54, 1.807) is 18.5 Å². The molecule has 0 saturated heterocycles. The number of anilines is 1. The molecule has 0 fully saturated rings. The zero-order valence-electron chi connectivity index (χ0n) is 12.2. The highest BCUT2D eigenvalue weighted by Crippen LogP contribution is 2.19. The maximum absolute atomic E-state index is 13.9. The Morgan fingerprint density at radius 2 is 2.24 bits per heavy atom. The van der Waals surface area contributed by atoms with Gasteiger partial charge in [0.2, 0.25) is 0 Å². The number of aryl methyl sites for hydroxylation is 1. The van der Waals surface area contributed by atoms with Crippen LogP contribution in [0.2, 0.25) is 0 Å². The first-order chi connectivity index (χ1) is 10.1. The molecule has 1 aromatic carbocycles. The Bertz CT molecular complexity index is 624. The number of halogens is 1. The lowest BCUT2D eigenvalue weighted by Crippen LogP contribution is -2.25. The second-order valence-electron chi connectivity index (χ2n) is 4.73. The van der Waals surface area contributed by atoms with Crippen molar-refractivity contribution in [3.8, 4) is 0 Å². The van der Waals surface area contributed by atoms with Gasteiger partial charge in [0.1, 0.15) is 11.6 Å². The Kier molecular flexibility index (Phi) is 4.92. The van der Waals surface area contributed by atoms with E-state index in [0.29, 0.717) is 18.7 Å². The van der Waals surface area contributed by atoms with Gasteiger partial charge in [-0.05, 0) is 18.6 Å². The molecule has 0 bridgehead atoms. The van der Waals surface area contributed by atoms with E-state index in [1.165, 1.54) is 12.1 Å². The maximum Gasteiger partial charge on any atom is 0.253 e. The monoisotopic (exact) mass is 290 g/mol. The van der Waals surface area contributed by atoms with Crippen LogP contribution in [0.1, 0.15) is 29.5 Å². The summed E-state index contributed by atoms with van der Waals surface area (Å²) >= 11 is 0. The summed E-state index contributed by atoms with van der Waals surface area (Å²) in [7, 11) is 1.85. The third kappa shape index (κ3) is 3.59. The number of hydrogen-bond acceptors (Lipinski definition) is 3. The van der Waals surface area contributed by atoms with E-state index in [2.05, 4.69) is 15.6 Å². The van der Waals surface area contributed by atoms with Gasteiger partial charge in [-0.3, -0.25) is 4.79 Å². The van der Waals surface area contributed by atoms with Crippen molar-refractivity contribution in [1.82, 2.24) is 14.9 Å². The van der Waals surface area contributed by atoms with Gasteiger partial charge < -0.3 is 15.2 Å². The molecule has 0 aliphatic rings. The van der Waals surface area contributed by atoms with Crippen LogP contribution in [0.3, 0.4) is 0 Å². The van der Waals surface area contributed by atoms with Gasteiger partial charge in [-0.2, -0.15) is 0 Å². The Balaban J connectivity index is 2.11. The van der Waals surface area contributed by atoms with Gasteiger partial charge in [-0.25, -0.2) is 9.37 Å². The zero-order valence-corrected chi connectivity index (χ0v) is 12.2. The molecular weight excluding hydrogens is 271 g/mol. The average Bonchev–Trinajstić information content (AvgIpc) is 2.88. The molecule has 0 aliphatic carbocycles. The van der Waals surface area contributed by atoms with E-state index in [-0.39, 0.29) is 11.6 Å². The molecular formula is C15H19FN4O. The minimum absolute atomic E-state index is 0.247. The second kappa shape index (κ2) is 6.88. The topological polar surface area (TPSA) is 59.0 Å². The number of aromatic nitrogens is 2. The van der Waals surface area contributed by atoms with Crippen LogP contribution >= 0.6 is 0 Å². The van der Waals surface area contributed by atoms with Gasteiger partial charge >= 0.3 is 0 Å². The van der Waals surface area contributed by atoms with Crippen LogP contribution in [0.4, 0.5) is 10.1 Å². The lowest BCUT2D eigenvalue weighted by atomic mass is 10.1. The summed E-state index contributed by atoms with van der Waals surface area (Å²) in [5.74, 6) is -0.00739. The van der Waals surface area contributed by atoms with Gasteiger partial charge in [-0.15, -0.1) is 0 Å². The molecule has 112 valence electrons. The Labute approximate surface area is 123 Å². The fraction of sp³-hybridized carbons (Fsp3) is 0.333. The number of nitrogens with one attached hydrogen (secondary N) is 2. The quantitative estimate of drug-likeness (QED) is 0.858. The van der Waals surface area contributed by atoms with Crippen molar-refractivity contribution in [2.45, 2.75) is 19.9 Å². The minimum Gasteiger partial charge on any atom is -0.382 e. The number of carbonyl (C=O) groups excluding carboxylic acids is 1. The normalized spacial score (nSPS) is 10.4. The molecule has 1 amide bonds. The zero-order chi connectivity index (χ0) is 15.2. The molecule has 0 radical (unpaired) electrons. The summed E-state index contributed by atoms with van der Waals surface area (Å²) in [5.41, 5.74) is 0.550. The number of imidazole rings is 1. The molecule has 2 aromatic rings. The van der Waals surface area contributed by atoms with Crippen LogP contribution in [0, 0.1) is 5.82 Å². The largest absolute Gasteiger partial charge is 0.382 e. The molecule has 6 heteroatoms. The van der Waals surface area contributed by atoms with Crippen LogP contribution < -0.4 is 10.6 Å². The van der Waals surface area contributed by atoms with E-state index in [4.69, 9.17) is 0 Å². The smallest absolute Gasteiger partial charge is 0.253 e. The second-order valence-corrected chi connectivity index (χ2v) is 4.73. The van der Waals surface area contributed by atoms with Crippen LogP contribution in [0.25, 0.3) is 0 Å². The summed E-state index contributed by atoms with van der Waals surface area (Å²) < 4.78 is 15.7. The molecule has 1 heterocycles. The van der Waals surface area contributed by atoms with Crippen molar-refractivity contribution >= 4 is 11.6 Å². The van der Waals surface area contributed by atoms with E-state index in [1.807, 2.05) is 18.5 Å². The molecule has 0 saturated carbocycles. The lowest BCUT2D eigenvalue weighted by Gasteiger charge is -2.12. The third-order valence-electron chi connectivity index (χ3n) is 3.14. The van der Waals surface area contributed by atoms with Crippen LogP contribution in [0.15, 0.2) is 30.6 Å². The number of nitrogens with zero attached hydrogens (tertiary/aromatic N) is 2. The molecule has 0 spiro atoms. The molecule has 21 heavy (non-hydrogen) atoms. The first-order valence-corrected chi connectivity index (χ1v) is 6.90. The van der Waals surface area contributed by atoms with Crippen molar-refractivity contribution in [2.24, 2.45) is 7.05 Å². The van der Waals surface area contributed by atoms with Gasteiger partial charge in [0.05, 0.1) is 17.8 Å². The maximum atomic E-state index is 13.9. The van der Waals surface area contributed by atoms with Crippen LogP contribution in [-0.2, 0) is 13.6 Å². The van der Waals surface area contributed by atoms with Gasteiger partial charge in [0.15, 0.2) is 0 Å². The Morgan fingerprint density at radius 1 is 1.43 bits per heavy atom. The lowest BCUT2D eigenvalue weighted by molar-refractivity contribution is 0.0950. The molecule has 2 rings (SSSR count). The van der Waals surface area contributed by atoms with E-state index >= 15 is 0 Å². The van der Waals surface area contributed by atoms with Crippen LogP contribution in [-0.4, -0.2) is 22.0 Å². The van der Waals surface area contributed by atoms with Gasteiger partial charge in [-0.1, -0.05) is 13.0 Å². The predicted molar refractivity (Wildman–Crippen MR) is 79.6 cm³/mol. The Morgan fingerprint density at radius 3 is 2.90 bits per heavy atom. The van der Waals surface area contributed by atoms with E-state index in [9.17, 15) is 9.18 Å². The summed E-state index contributed by atoms with van der Waals surface area (Å²) in [6, 6.07) is 4.48. The molecule has 1 aromatic heterocycles. The fourth-order valence-electron chi connectivity index (χ4n) is 1.96. The predicted octanol–water partition coefficient (Wildman–Crippen LogP) is 2.31. The SMILES string of the molecule is CCCNc1c(F)cccc1C(=O)NCc1nccn1C. The molecule has 2 N–H and O–H groups in total. The summed E-state index contributed by atoms with van der Waals surface area (Å²) in [4.78, 5) is 16.4. The van der Waals surface area contributed by atoms with Crippen molar-refractivity contribution in [3.05, 3.63) is 47.8 Å². The molecule has 0 atom stereocenters. The summed E-state index contributed by atoms with van der Waals surface area (Å²) in [6.45, 7) is 2.89. The number of carbonyl (C=O) groups is 1. The van der Waals surface area contributed by atoms with Crippen molar-refractivity contribution in [2.75, 3.05) is 11.9 Å². The number of benzene rings is 1. The highest BCUT2D eigenvalue weighted by atomic mass is 19.1. The summed E-state index contributed by atoms with van der Waals surface area (Å²) in [6.07, 6.45) is 4.32. The molecule has 5 nitrogen and oxygen atoms in total. The molecule has 0 unspecified atom stereocenters. The first-order valence-electron chi connectivity index (χ1n) is 6.90. The van der Waals surface area contributed by atoms with E-state index < -0.39 is 5.82 Å². The average molecular weight is 290 g/mol. The first kappa shape index (κ1) is 15.0. The number of amides is 1. The molecule has 0 aliphatic heterocycles. The van der Waals surface area contributed by atoms with E-state index in [0.717, 1.165) is 12.2 Å². The third-order valence-corrected chi connectivity index (χ3v) is 3.14. The van der Waals surface area contributed by atoms with Gasteiger partial charge in [0, 0.05) is 26.0 Å². The standard InChI is InChI=1S/C15H19FN4O/c1-3-7-18-14-11(5-4-6-12(14)16)15(21)19-10-13-17-8-9-20(13)2/h4-6,8-9,18H,3,7,10H2,1-2H3,(H,19,21). The number of hydrogen-bond donors (Lipinski definition) is 2. The van der Waals surface area contributed by atoms with Crippen molar-refractivity contribution < 1.29 is 9.18 Å². The highest BCUT2D eigenvalue weighted by Gasteiger charge is 2.15. The highest BCUT2D eigenvalue weighted by molar-refractivity contribution is 5.99. The number of rotatable bonds is 6. The van der Waals surface area contributed by atoms with Crippen molar-refractivity contribution in [1.29, 1.82) is 0 Å².